The summed E-state index contributed by atoms with van der Waals surface area (Å²) in [5.41, 5.74) is 5.21. The molecular formula is C23H23N3O3S. The summed E-state index contributed by atoms with van der Waals surface area (Å²) in [7, 11) is -3.54. The Morgan fingerprint density at radius 3 is 2.07 bits per heavy atom. The van der Waals surface area contributed by atoms with E-state index in [2.05, 4.69) is 10.1 Å². The van der Waals surface area contributed by atoms with Crippen molar-refractivity contribution in [2.75, 3.05) is 5.01 Å². The minimum absolute atomic E-state index is 0.0374. The van der Waals surface area contributed by atoms with E-state index >= 15 is 0 Å². The number of nitrogens with zero attached hydrogens (tertiary/aromatic N) is 1. The summed E-state index contributed by atoms with van der Waals surface area (Å²) in [6, 6.07) is 25.4. The van der Waals surface area contributed by atoms with Gasteiger partial charge < -0.3 is 0 Å². The molecule has 0 radical (unpaired) electrons. The molecule has 0 saturated heterocycles. The molecule has 1 amide bonds. The Balaban J connectivity index is 1.50. The fraction of sp³-hybridized carbons (Fsp3) is 0.174. The lowest BCUT2D eigenvalue weighted by Gasteiger charge is -2.25. The van der Waals surface area contributed by atoms with Crippen molar-refractivity contribution in [3.05, 3.63) is 96.1 Å². The normalized spacial score (nSPS) is 13.6. The lowest BCUT2D eigenvalue weighted by molar-refractivity contribution is 0.0948. The number of para-hydroxylation sites is 1. The molecule has 0 bridgehead atoms. The van der Waals surface area contributed by atoms with Gasteiger partial charge in [0.1, 0.15) is 0 Å². The molecule has 1 aliphatic rings. The average Bonchev–Trinajstić information content (AvgIpc) is 3.58. The monoisotopic (exact) mass is 421 g/mol. The van der Waals surface area contributed by atoms with Crippen molar-refractivity contribution in [2.24, 2.45) is 0 Å². The van der Waals surface area contributed by atoms with Crippen molar-refractivity contribution in [1.29, 1.82) is 0 Å². The molecule has 3 aromatic carbocycles. The molecule has 1 saturated carbocycles. The van der Waals surface area contributed by atoms with E-state index in [1.807, 2.05) is 60.7 Å². The van der Waals surface area contributed by atoms with E-state index < -0.39 is 10.0 Å². The number of hydrogen-bond donors (Lipinski definition) is 2. The van der Waals surface area contributed by atoms with Crippen LogP contribution in [0.5, 0.6) is 0 Å². The number of hydrazine groups is 1. The molecule has 0 spiro atoms. The third kappa shape index (κ3) is 5.06. The Morgan fingerprint density at radius 2 is 1.47 bits per heavy atom. The van der Waals surface area contributed by atoms with Crippen molar-refractivity contribution in [1.82, 2.24) is 10.1 Å². The van der Waals surface area contributed by atoms with Crippen LogP contribution in [-0.4, -0.2) is 20.4 Å². The van der Waals surface area contributed by atoms with Crippen molar-refractivity contribution in [3.8, 4) is 0 Å². The number of carbonyl (C=O) groups excluding carboxylic acids is 1. The average molecular weight is 422 g/mol. The number of nitrogens with one attached hydrogen (secondary N) is 2. The second kappa shape index (κ2) is 8.69. The van der Waals surface area contributed by atoms with Crippen molar-refractivity contribution < 1.29 is 13.2 Å². The van der Waals surface area contributed by atoms with Gasteiger partial charge in [0.25, 0.3) is 5.91 Å². The van der Waals surface area contributed by atoms with Gasteiger partial charge in [-0.2, -0.15) is 0 Å². The summed E-state index contributed by atoms with van der Waals surface area (Å²) in [6.45, 7) is 0.494. The molecule has 0 heterocycles. The second-order valence-electron chi connectivity index (χ2n) is 7.27. The molecular weight excluding hydrogens is 398 g/mol. The number of benzene rings is 3. The summed E-state index contributed by atoms with van der Waals surface area (Å²) in [4.78, 5) is 13.0. The SMILES string of the molecule is O=C(NN(Cc1ccccc1)c1ccccc1)c1ccc(S(=O)(=O)NC2CC2)cc1. The van der Waals surface area contributed by atoms with Crippen LogP contribution >= 0.6 is 0 Å². The van der Waals surface area contributed by atoms with E-state index in [4.69, 9.17) is 0 Å². The number of carbonyl (C=O) groups is 1. The van der Waals surface area contributed by atoms with Crippen LogP contribution in [0.4, 0.5) is 5.69 Å². The number of sulfonamides is 1. The Bertz CT molecular complexity index is 1100. The molecule has 3 aromatic rings. The summed E-state index contributed by atoms with van der Waals surface area (Å²) in [5.74, 6) is -0.311. The summed E-state index contributed by atoms with van der Waals surface area (Å²) < 4.78 is 27.3. The molecule has 4 rings (SSSR count). The Morgan fingerprint density at radius 1 is 0.867 bits per heavy atom. The lowest BCUT2D eigenvalue weighted by atomic mass is 10.2. The van der Waals surface area contributed by atoms with Crippen molar-refractivity contribution >= 4 is 21.6 Å². The van der Waals surface area contributed by atoms with Gasteiger partial charge in [0.15, 0.2) is 0 Å². The van der Waals surface area contributed by atoms with Crippen LogP contribution in [0.1, 0.15) is 28.8 Å². The molecule has 1 aliphatic carbocycles. The molecule has 0 aromatic heterocycles. The molecule has 6 nitrogen and oxygen atoms in total. The fourth-order valence-electron chi connectivity index (χ4n) is 3.03. The van der Waals surface area contributed by atoms with Crippen LogP contribution in [0, 0.1) is 0 Å². The maximum absolute atomic E-state index is 12.8. The molecule has 30 heavy (non-hydrogen) atoms. The zero-order chi connectivity index (χ0) is 21.0. The van der Waals surface area contributed by atoms with Crippen LogP contribution in [0.3, 0.4) is 0 Å². The van der Waals surface area contributed by atoms with Crippen LogP contribution < -0.4 is 15.2 Å². The van der Waals surface area contributed by atoms with Crippen molar-refractivity contribution in [2.45, 2.75) is 30.3 Å². The molecule has 2 N–H and O–H groups in total. The van der Waals surface area contributed by atoms with E-state index in [0.29, 0.717) is 12.1 Å². The predicted octanol–water partition coefficient (Wildman–Crippen LogP) is 3.48. The standard InChI is InChI=1S/C23H23N3O3S/c27-23(19-11-15-22(16-12-19)30(28,29)25-20-13-14-20)24-26(21-9-5-2-6-10-21)17-18-7-3-1-4-8-18/h1-12,15-16,20,25H,13-14,17H2,(H,24,27). The predicted molar refractivity (Wildman–Crippen MR) is 116 cm³/mol. The van der Waals surface area contributed by atoms with Gasteiger partial charge >= 0.3 is 0 Å². The maximum atomic E-state index is 12.8. The Labute approximate surface area is 176 Å². The third-order valence-electron chi connectivity index (χ3n) is 4.81. The molecule has 0 aliphatic heterocycles. The maximum Gasteiger partial charge on any atom is 0.269 e. The molecule has 154 valence electrons. The van der Waals surface area contributed by atoms with Crippen LogP contribution in [0.25, 0.3) is 0 Å². The topological polar surface area (TPSA) is 78.5 Å². The Hall–Kier alpha value is -3.16. The first-order valence-corrected chi connectivity index (χ1v) is 11.3. The van der Waals surface area contributed by atoms with Crippen molar-refractivity contribution in [3.63, 3.8) is 0 Å². The fourth-order valence-corrected chi connectivity index (χ4v) is 4.34. The van der Waals surface area contributed by atoms with Gasteiger partial charge in [0.2, 0.25) is 10.0 Å². The summed E-state index contributed by atoms with van der Waals surface area (Å²) in [5, 5.41) is 1.77. The molecule has 1 fully saturated rings. The first-order valence-electron chi connectivity index (χ1n) is 9.81. The third-order valence-corrected chi connectivity index (χ3v) is 6.35. The molecule has 0 unspecified atom stereocenters. The first kappa shape index (κ1) is 20.1. The van der Waals surface area contributed by atoms with Crippen LogP contribution in [0.2, 0.25) is 0 Å². The van der Waals surface area contributed by atoms with E-state index in [-0.39, 0.29) is 16.8 Å². The van der Waals surface area contributed by atoms with Gasteiger partial charge in [0.05, 0.1) is 17.1 Å². The van der Waals surface area contributed by atoms with Gasteiger partial charge in [0, 0.05) is 11.6 Å². The lowest BCUT2D eigenvalue weighted by Crippen LogP contribution is -2.42. The second-order valence-corrected chi connectivity index (χ2v) is 8.98. The van der Waals surface area contributed by atoms with Crippen LogP contribution in [0.15, 0.2) is 89.8 Å². The number of anilines is 1. The number of amides is 1. The highest BCUT2D eigenvalue weighted by Crippen LogP contribution is 2.22. The van der Waals surface area contributed by atoms with Crippen LogP contribution in [-0.2, 0) is 16.6 Å². The quantitative estimate of drug-likeness (QED) is 0.546. The summed E-state index contributed by atoms with van der Waals surface area (Å²) in [6.07, 6.45) is 1.74. The van der Waals surface area contributed by atoms with E-state index in [1.54, 1.807) is 5.01 Å². The van der Waals surface area contributed by atoms with E-state index in [1.165, 1.54) is 24.3 Å². The first-order chi connectivity index (χ1) is 14.5. The van der Waals surface area contributed by atoms with E-state index in [9.17, 15) is 13.2 Å². The van der Waals surface area contributed by atoms with Gasteiger partial charge in [-0.15, -0.1) is 0 Å². The minimum atomic E-state index is -3.54. The zero-order valence-electron chi connectivity index (χ0n) is 16.4. The van der Waals surface area contributed by atoms with Gasteiger partial charge in [-0.1, -0.05) is 48.5 Å². The van der Waals surface area contributed by atoms with E-state index in [0.717, 1.165) is 24.1 Å². The largest absolute Gasteiger partial charge is 0.281 e. The number of hydrogen-bond acceptors (Lipinski definition) is 4. The minimum Gasteiger partial charge on any atom is -0.281 e. The zero-order valence-corrected chi connectivity index (χ0v) is 17.2. The highest BCUT2D eigenvalue weighted by molar-refractivity contribution is 7.89. The highest BCUT2D eigenvalue weighted by Gasteiger charge is 2.28. The van der Waals surface area contributed by atoms with Gasteiger partial charge in [-0.25, -0.2) is 13.1 Å². The highest BCUT2D eigenvalue weighted by atomic mass is 32.2. The molecule has 0 atom stereocenters. The summed E-state index contributed by atoms with van der Waals surface area (Å²) >= 11 is 0. The molecule has 7 heteroatoms. The number of rotatable bonds is 8. The van der Waals surface area contributed by atoms with Gasteiger partial charge in [-0.3, -0.25) is 15.2 Å². The Kier molecular flexibility index (Phi) is 5.83. The smallest absolute Gasteiger partial charge is 0.269 e. The van der Waals surface area contributed by atoms with Gasteiger partial charge in [-0.05, 0) is 54.8 Å².